The molecule has 0 spiro atoms. The van der Waals surface area contributed by atoms with Gasteiger partial charge in [0.2, 0.25) is 0 Å². The molecule has 0 aromatic rings. The van der Waals surface area contributed by atoms with Crippen LogP contribution in [0.4, 0.5) is 0 Å². The molecule has 5 heteroatoms. The summed E-state index contributed by atoms with van der Waals surface area (Å²) in [4.78, 5) is 0. The molecule has 3 atom stereocenters. The highest BCUT2D eigenvalue weighted by Gasteiger charge is 2.24. The van der Waals surface area contributed by atoms with Gasteiger partial charge in [-0.3, -0.25) is 0 Å². The maximum Gasteiger partial charge on any atom is 0.116 e. The minimum Gasteiger partial charge on any atom is -0.394 e. The second kappa shape index (κ2) is 4.82. The molecule has 0 saturated heterocycles. The zero-order valence-electron chi connectivity index (χ0n) is 7.40. The minimum atomic E-state index is -1.22. The van der Waals surface area contributed by atoms with E-state index in [4.69, 9.17) is 27.9 Å². The highest BCUT2D eigenvalue weighted by Crippen LogP contribution is 2.10. The summed E-state index contributed by atoms with van der Waals surface area (Å²) in [6, 6.07) is 0. The monoisotopic (exact) mass is 174 g/mol. The molecule has 3 N–H and O–H groups in total. The first kappa shape index (κ1) is 11.9. The highest BCUT2D eigenvalue weighted by molar-refractivity contribution is 6.14. The van der Waals surface area contributed by atoms with Crippen molar-refractivity contribution in [2.45, 2.75) is 31.6 Å². The average Bonchev–Trinajstić information content (AvgIpc) is 2.00. The first-order valence-corrected chi connectivity index (χ1v) is 3.79. The molecule has 0 aliphatic carbocycles. The van der Waals surface area contributed by atoms with E-state index in [-0.39, 0.29) is 13.2 Å². The third-order valence-electron chi connectivity index (χ3n) is 1.45. The second-order valence-electron chi connectivity index (χ2n) is 3.05. The maximum absolute atomic E-state index is 9.05. The molecular formula is C7H15BO4. The first-order valence-electron chi connectivity index (χ1n) is 3.79. The number of ether oxygens (including phenoxy) is 1. The largest absolute Gasteiger partial charge is 0.394 e. The van der Waals surface area contributed by atoms with Crippen LogP contribution in [0.25, 0.3) is 0 Å². The summed E-state index contributed by atoms with van der Waals surface area (Å²) in [7, 11) is 5.44. The van der Waals surface area contributed by atoms with E-state index in [0.29, 0.717) is 0 Å². The molecule has 12 heavy (non-hydrogen) atoms. The van der Waals surface area contributed by atoms with Crippen LogP contribution in [0.5, 0.6) is 0 Å². The Morgan fingerprint density at radius 2 is 2.00 bits per heavy atom. The van der Waals surface area contributed by atoms with E-state index in [0.717, 1.165) is 0 Å². The molecule has 0 aromatic heterocycles. The van der Waals surface area contributed by atoms with Crippen molar-refractivity contribution in [2.75, 3.05) is 13.2 Å². The summed E-state index contributed by atoms with van der Waals surface area (Å²) in [5, 5.41) is 26.5. The summed E-state index contributed by atoms with van der Waals surface area (Å²) < 4.78 is 5.03. The van der Waals surface area contributed by atoms with Crippen LogP contribution in [-0.4, -0.2) is 54.1 Å². The summed E-state index contributed by atoms with van der Waals surface area (Å²) in [5.74, 6) is 0. The van der Waals surface area contributed by atoms with Crippen LogP contribution in [0.2, 0.25) is 0 Å². The molecule has 70 valence electrons. The maximum atomic E-state index is 9.05. The summed E-state index contributed by atoms with van der Waals surface area (Å²) in [6.45, 7) is 2.26. The summed E-state index contributed by atoms with van der Waals surface area (Å²) >= 11 is 0. The molecular weight excluding hydrogens is 159 g/mol. The Labute approximate surface area is 73.6 Å². The predicted octanol–water partition coefficient (Wildman–Crippen LogP) is -1.38. The van der Waals surface area contributed by atoms with Crippen LogP contribution in [0.15, 0.2) is 0 Å². The number of hydrogen-bond acceptors (Lipinski definition) is 4. The Balaban J connectivity index is 4.01. The van der Waals surface area contributed by atoms with Gasteiger partial charge in [-0.25, -0.2) is 0 Å². The number of aliphatic hydroxyl groups is 3. The van der Waals surface area contributed by atoms with E-state index in [9.17, 15) is 0 Å². The van der Waals surface area contributed by atoms with Gasteiger partial charge in [0.15, 0.2) is 0 Å². The summed E-state index contributed by atoms with van der Waals surface area (Å²) in [6.07, 6.45) is -1.57. The molecule has 0 bridgehead atoms. The minimum absolute atomic E-state index is 0.329. The number of rotatable bonds is 5. The predicted molar refractivity (Wildman–Crippen MR) is 44.9 cm³/mol. The van der Waals surface area contributed by atoms with E-state index in [2.05, 4.69) is 0 Å². The van der Waals surface area contributed by atoms with Gasteiger partial charge in [0.25, 0.3) is 0 Å². The second-order valence-corrected chi connectivity index (χ2v) is 3.05. The molecule has 0 amide bonds. The van der Waals surface area contributed by atoms with Gasteiger partial charge in [0, 0.05) is 5.50 Å². The Hall–Kier alpha value is -0.0951. The lowest BCUT2D eigenvalue weighted by Gasteiger charge is -2.30. The Bertz CT molecular complexity index is 127. The van der Waals surface area contributed by atoms with Gasteiger partial charge in [-0.1, -0.05) is 0 Å². The van der Waals surface area contributed by atoms with Crippen molar-refractivity contribution in [3.63, 3.8) is 0 Å². The van der Waals surface area contributed by atoms with Gasteiger partial charge < -0.3 is 20.1 Å². The number of aliphatic hydroxyl groups excluding tert-OH is 3. The molecule has 0 fully saturated rings. The fourth-order valence-corrected chi connectivity index (χ4v) is 0.671. The van der Waals surface area contributed by atoms with E-state index in [1.807, 2.05) is 0 Å². The smallest absolute Gasteiger partial charge is 0.116 e. The van der Waals surface area contributed by atoms with Crippen LogP contribution < -0.4 is 0 Å². The van der Waals surface area contributed by atoms with Crippen molar-refractivity contribution in [3.8, 4) is 0 Å². The lowest BCUT2D eigenvalue weighted by Crippen LogP contribution is -2.43. The molecule has 4 nitrogen and oxygen atoms in total. The van der Waals surface area contributed by atoms with Gasteiger partial charge in [0.05, 0.1) is 19.3 Å². The van der Waals surface area contributed by atoms with Gasteiger partial charge in [-0.2, -0.15) is 0 Å². The molecule has 0 unspecified atom stereocenters. The molecule has 0 rings (SSSR count). The zero-order valence-corrected chi connectivity index (χ0v) is 7.40. The third-order valence-corrected chi connectivity index (χ3v) is 1.45. The molecule has 0 aliphatic heterocycles. The van der Waals surface area contributed by atoms with Gasteiger partial charge in [-0.05, 0) is 13.8 Å². The molecule has 0 aliphatic rings. The van der Waals surface area contributed by atoms with Crippen molar-refractivity contribution < 1.29 is 20.1 Å². The van der Waals surface area contributed by atoms with Crippen molar-refractivity contribution >= 4 is 7.85 Å². The Morgan fingerprint density at radius 1 is 1.50 bits per heavy atom. The fraction of sp³-hybridized carbons (Fsp3) is 1.00. The van der Waals surface area contributed by atoms with Gasteiger partial charge >= 0.3 is 0 Å². The normalized spacial score (nSPS) is 21.4. The van der Waals surface area contributed by atoms with Crippen LogP contribution in [-0.2, 0) is 4.74 Å². The van der Waals surface area contributed by atoms with Crippen LogP contribution in [0.3, 0.4) is 0 Å². The Kier molecular flexibility index (Phi) is 4.78. The van der Waals surface area contributed by atoms with Crippen molar-refractivity contribution in [1.82, 2.24) is 0 Å². The molecule has 0 saturated carbocycles. The quantitative estimate of drug-likeness (QED) is 0.449. The lowest BCUT2D eigenvalue weighted by atomic mass is 9.84. The Morgan fingerprint density at radius 3 is 2.25 bits per heavy atom. The van der Waals surface area contributed by atoms with E-state index < -0.39 is 17.7 Å². The van der Waals surface area contributed by atoms with Crippen molar-refractivity contribution in [3.05, 3.63) is 0 Å². The summed E-state index contributed by atoms with van der Waals surface area (Å²) in [5.41, 5.74) is -1.22. The van der Waals surface area contributed by atoms with Crippen molar-refractivity contribution in [2.24, 2.45) is 0 Å². The number of hydrogen-bond donors (Lipinski definition) is 3. The standard InChI is InChI=1S/C7H15BO4/c1-5(11)6(3-9)12-7(2,8)4-10/h5-6,9-11H,3-4H2,1-2H3/t5-,6-,7-/m1/s1. The fourth-order valence-electron chi connectivity index (χ4n) is 0.671. The molecule has 0 heterocycles. The lowest BCUT2D eigenvalue weighted by molar-refractivity contribution is -0.118. The zero-order chi connectivity index (χ0) is 9.78. The van der Waals surface area contributed by atoms with Crippen molar-refractivity contribution in [1.29, 1.82) is 0 Å². The van der Waals surface area contributed by atoms with Gasteiger partial charge in [-0.15, -0.1) is 0 Å². The van der Waals surface area contributed by atoms with Crippen LogP contribution in [0.1, 0.15) is 13.8 Å². The average molecular weight is 174 g/mol. The van der Waals surface area contributed by atoms with E-state index in [1.54, 1.807) is 0 Å². The van der Waals surface area contributed by atoms with E-state index >= 15 is 0 Å². The molecule has 2 radical (unpaired) electrons. The molecule has 0 aromatic carbocycles. The van der Waals surface area contributed by atoms with Gasteiger partial charge in [0.1, 0.15) is 14.0 Å². The van der Waals surface area contributed by atoms with Crippen LogP contribution >= 0.6 is 0 Å². The van der Waals surface area contributed by atoms with Crippen LogP contribution in [0, 0.1) is 0 Å². The topological polar surface area (TPSA) is 69.9 Å². The highest BCUT2D eigenvalue weighted by atomic mass is 16.5. The third kappa shape index (κ3) is 4.06. The van der Waals surface area contributed by atoms with E-state index in [1.165, 1.54) is 13.8 Å². The first-order chi connectivity index (χ1) is 5.43. The SMILES string of the molecule is [B][C@@](C)(CO)O[C@H](CO)[C@@H](C)O.